The Morgan fingerprint density at radius 2 is 1.68 bits per heavy atom. The molecule has 0 aromatic heterocycles. The lowest BCUT2D eigenvalue weighted by atomic mass is 10.0. The smallest absolute Gasteiger partial charge is 0.0446 e. The Morgan fingerprint density at radius 1 is 1.00 bits per heavy atom. The molecule has 0 N–H and O–H groups in total. The van der Waals surface area contributed by atoms with Crippen molar-refractivity contribution in [2.45, 2.75) is 11.7 Å². The Bertz CT molecular complexity index is 499. The standard InChI is InChI=1S/C16H17ClS2/c17-16-9-5-4-8-14(16)11-19-12-15(10-18)13-6-2-1-3-7-13/h1-9,15,18H,10-12H2. The fourth-order valence-corrected chi connectivity index (χ4v) is 3.89. The summed E-state index contributed by atoms with van der Waals surface area (Å²) in [4.78, 5) is 0. The summed E-state index contributed by atoms with van der Waals surface area (Å²) in [7, 11) is 0. The lowest BCUT2D eigenvalue weighted by Crippen LogP contribution is -2.04. The average molecular weight is 309 g/mol. The van der Waals surface area contributed by atoms with Gasteiger partial charge in [0.1, 0.15) is 0 Å². The van der Waals surface area contributed by atoms with Crippen LogP contribution in [0.5, 0.6) is 0 Å². The fourth-order valence-electron chi connectivity index (χ4n) is 1.91. The molecule has 0 saturated heterocycles. The van der Waals surface area contributed by atoms with Gasteiger partial charge in [0.05, 0.1) is 0 Å². The molecule has 0 amide bonds. The molecular formula is C16H17ClS2. The normalized spacial score (nSPS) is 12.3. The summed E-state index contributed by atoms with van der Waals surface area (Å²) in [6, 6.07) is 18.6. The second-order valence-corrected chi connectivity index (χ2v) is 6.20. The molecule has 2 rings (SSSR count). The van der Waals surface area contributed by atoms with E-state index in [1.54, 1.807) is 0 Å². The summed E-state index contributed by atoms with van der Waals surface area (Å²) in [5, 5.41) is 0.858. The van der Waals surface area contributed by atoms with Crippen molar-refractivity contribution in [1.29, 1.82) is 0 Å². The highest BCUT2D eigenvalue weighted by Crippen LogP contribution is 2.26. The molecule has 2 aromatic rings. The van der Waals surface area contributed by atoms with E-state index >= 15 is 0 Å². The molecular weight excluding hydrogens is 292 g/mol. The number of hydrogen-bond acceptors (Lipinski definition) is 2. The van der Waals surface area contributed by atoms with Gasteiger partial charge in [-0.15, -0.1) is 0 Å². The van der Waals surface area contributed by atoms with E-state index in [2.05, 4.69) is 49.0 Å². The van der Waals surface area contributed by atoms with E-state index in [4.69, 9.17) is 11.6 Å². The Kier molecular flexibility index (Phi) is 6.15. The summed E-state index contributed by atoms with van der Waals surface area (Å²) < 4.78 is 0. The van der Waals surface area contributed by atoms with Crippen LogP contribution in [0.4, 0.5) is 0 Å². The van der Waals surface area contributed by atoms with Crippen LogP contribution in [0.1, 0.15) is 17.0 Å². The van der Waals surface area contributed by atoms with Gasteiger partial charge in [-0.3, -0.25) is 0 Å². The molecule has 0 aliphatic carbocycles. The number of benzene rings is 2. The molecule has 19 heavy (non-hydrogen) atoms. The van der Waals surface area contributed by atoms with Gasteiger partial charge < -0.3 is 0 Å². The predicted molar refractivity (Wildman–Crippen MR) is 90.7 cm³/mol. The molecule has 0 aliphatic heterocycles. The van der Waals surface area contributed by atoms with E-state index in [-0.39, 0.29) is 0 Å². The third-order valence-electron chi connectivity index (χ3n) is 3.03. The number of thiol groups is 1. The molecule has 0 nitrogen and oxygen atoms in total. The van der Waals surface area contributed by atoms with Gasteiger partial charge in [0.2, 0.25) is 0 Å². The van der Waals surface area contributed by atoms with E-state index in [0.29, 0.717) is 5.92 Å². The van der Waals surface area contributed by atoms with Gasteiger partial charge in [-0.2, -0.15) is 24.4 Å². The van der Waals surface area contributed by atoms with Gasteiger partial charge >= 0.3 is 0 Å². The average Bonchev–Trinajstić information content (AvgIpc) is 2.46. The first-order chi connectivity index (χ1) is 9.31. The minimum absolute atomic E-state index is 0.497. The monoisotopic (exact) mass is 308 g/mol. The second-order valence-electron chi connectivity index (χ2n) is 4.40. The van der Waals surface area contributed by atoms with Crippen LogP contribution in [0.2, 0.25) is 5.02 Å². The molecule has 3 heteroatoms. The summed E-state index contributed by atoms with van der Waals surface area (Å²) in [6.07, 6.45) is 0. The maximum Gasteiger partial charge on any atom is 0.0446 e. The molecule has 0 radical (unpaired) electrons. The van der Waals surface area contributed by atoms with Crippen LogP contribution in [-0.2, 0) is 5.75 Å². The molecule has 100 valence electrons. The Morgan fingerprint density at radius 3 is 2.37 bits per heavy atom. The summed E-state index contributed by atoms with van der Waals surface area (Å²) in [6.45, 7) is 0. The summed E-state index contributed by atoms with van der Waals surface area (Å²) in [5.41, 5.74) is 2.57. The Hall–Kier alpha value is -0.570. The van der Waals surface area contributed by atoms with Crippen molar-refractivity contribution in [1.82, 2.24) is 0 Å². The largest absolute Gasteiger partial charge is 0.179 e. The second kappa shape index (κ2) is 7.88. The number of hydrogen-bond donors (Lipinski definition) is 1. The zero-order valence-corrected chi connectivity index (χ0v) is 13.1. The van der Waals surface area contributed by atoms with E-state index in [9.17, 15) is 0 Å². The zero-order chi connectivity index (χ0) is 13.5. The minimum Gasteiger partial charge on any atom is -0.179 e. The highest BCUT2D eigenvalue weighted by Gasteiger charge is 2.09. The highest BCUT2D eigenvalue weighted by molar-refractivity contribution is 7.98. The number of thioether (sulfide) groups is 1. The van der Waals surface area contributed by atoms with Crippen LogP contribution in [0.15, 0.2) is 54.6 Å². The van der Waals surface area contributed by atoms with Crippen molar-refractivity contribution in [2.24, 2.45) is 0 Å². The van der Waals surface area contributed by atoms with Crippen LogP contribution < -0.4 is 0 Å². The molecule has 2 aromatic carbocycles. The van der Waals surface area contributed by atoms with Crippen LogP contribution in [-0.4, -0.2) is 11.5 Å². The zero-order valence-electron chi connectivity index (χ0n) is 10.6. The highest BCUT2D eigenvalue weighted by atomic mass is 35.5. The maximum atomic E-state index is 6.16. The summed E-state index contributed by atoms with van der Waals surface area (Å²) >= 11 is 12.5. The Labute approximate surface area is 130 Å². The van der Waals surface area contributed by atoms with Crippen LogP contribution in [0.3, 0.4) is 0 Å². The van der Waals surface area contributed by atoms with Crippen LogP contribution >= 0.6 is 36.0 Å². The van der Waals surface area contributed by atoms with E-state index in [1.807, 2.05) is 30.0 Å². The predicted octanol–water partition coefficient (Wildman–Crippen LogP) is 5.29. The fraction of sp³-hybridized carbons (Fsp3) is 0.250. The molecule has 1 unspecified atom stereocenters. The first kappa shape index (κ1) is 14.8. The quantitative estimate of drug-likeness (QED) is 0.708. The maximum absolute atomic E-state index is 6.16. The van der Waals surface area contributed by atoms with E-state index in [0.717, 1.165) is 22.3 Å². The van der Waals surface area contributed by atoms with Gasteiger partial charge in [0.15, 0.2) is 0 Å². The van der Waals surface area contributed by atoms with Crippen molar-refractivity contribution >= 4 is 36.0 Å². The van der Waals surface area contributed by atoms with Gasteiger partial charge in [-0.05, 0) is 22.9 Å². The van der Waals surface area contributed by atoms with Gasteiger partial charge in [-0.1, -0.05) is 60.1 Å². The SMILES string of the molecule is SCC(CSCc1ccccc1Cl)c1ccccc1. The minimum atomic E-state index is 0.497. The number of rotatable bonds is 6. The third-order valence-corrected chi connectivity index (χ3v) is 4.99. The molecule has 0 spiro atoms. The van der Waals surface area contributed by atoms with Gasteiger partial charge in [0.25, 0.3) is 0 Å². The lowest BCUT2D eigenvalue weighted by Gasteiger charge is -2.14. The first-order valence-electron chi connectivity index (χ1n) is 6.28. The molecule has 0 heterocycles. The Balaban J connectivity index is 1.89. The first-order valence-corrected chi connectivity index (χ1v) is 8.44. The molecule has 0 fully saturated rings. The third kappa shape index (κ3) is 4.48. The van der Waals surface area contributed by atoms with Crippen molar-refractivity contribution in [3.63, 3.8) is 0 Å². The topological polar surface area (TPSA) is 0 Å². The molecule has 0 aliphatic rings. The van der Waals surface area contributed by atoms with E-state index in [1.165, 1.54) is 11.1 Å². The van der Waals surface area contributed by atoms with Crippen molar-refractivity contribution < 1.29 is 0 Å². The molecule has 0 saturated carbocycles. The van der Waals surface area contributed by atoms with Crippen molar-refractivity contribution in [3.8, 4) is 0 Å². The van der Waals surface area contributed by atoms with Crippen molar-refractivity contribution in [3.05, 3.63) is 70.7 Å². The lowest BCUT2D eigenvalue weighted by molar-refractivity contribution is 0.898. The van der Waals surface area contributed by atoms with Gasteiger partial charge in [-0.25, -0.2) is 0 Å². The van der Waals surface area contributed by atoms with Gasteiger partial charge in [0, 0.05) is 22.4 Å². The molecule has 0 bridgehead atoms. The van der Waals surface area contributed by atoms with Crippen molar-refractivity contribution in [2.75, 3.05) is 11.5 Å². The van der Waals surface area contributed by atoms with Crippen LogP contribution in [0, 0.1) is 0 Å². The number of halogens is 1. The van der Waals surface area contributed by atoms with E-state index < -0.39 is 0 Å². The summed E-state index contributed by atoms with van der Waals surface area (Å²) in [5.74, 6) is 3.40. The molecule has 1 atom stereocenters. The van der Waals surface area contributed by atoms with Crippen LogP contribution in [0.25, 0.3) is 0 Å².